The molecular formula is C27H33N3OS. The Labute approximate surface area is 196 Å². The SMILES string of the molecule is CCCN(CN)CCNC(=O)CSC(c1ccccc1)(c1ccccc1)c1ccccc1. The third-order valence-corrected chi connectivity index (χ3v) is 7.06. The van der Waals surface area contributed by atoms with Crippen LogP contribution < -0.4 is 11.1 Å². The fourth-order valence-corrected chi connectivity index (χ4v) is 5.32. The Bertz CT molecular complexity index is 838. The van der Waals surface area contributed by atoms with Crippen molar-refractivity contribution in [3.63, 3.8) is 0 Å². The second-order valence-corrected chi connectivity index (χ2v) is 8.91. The number of rotatable bonds is 12. The molecule has 3 aromatic rings. The number of hydrogen-bond donors (Lipinski definition) is 2. The first kappa shape index (κ1) is 24.1. The molecule has 32 heavy (non-hydrogen) atoms. The van der Waals surface area contributed by atoms with E-state index in [-0.39, 0.29) is 5.91 Å². The van der Waals surface area contributed by atoms with Crippen molar-refractivity contribution >= 4 is 17.7 Å². The fourth-order valence-electron chi connectivity index (χ4n) is 3.96. The molecule has 3 N–H and O–H groups in total. The van der Waals surface area contributed by atoms with Crippen molar-refractivity contribution in [3.8, 4) is 0 Å². The molecule has 0 spiro atoms. The quantitative estimate of drug-likeness (QED) is 0.318. The Balaban J connectivity index is 1.85. The molecule has 0 saturated carbocycles. The first-order valence-electron chi connectivity index (χ1n) is 11.2. The third-order valence-electron chi connectivity index (χ3n) is 5.51. The lowest BCUT2D eigenvalue weighted by Crippen LogP contribution is -2.39. The van der Waals surface area contributed by atoms with Crippen molar-refractivity contribution in [2.75, 3.05) is 32.1 Å². The van der Waals surface area contributed by atoms with Crippen LogP contribution in [0.4, 0.5) is 0 Å². The molecule has 0 heterocycles. The lowest BCUT2D eigenvalue weighted by Gasteiger charge is -2.35. The molecule has 1 amide bonds. The number of hydrogen-bond acceptors (Lipinski definition) is 4. The summed E-state index contributed by atoms with van der Waals surface area (Å²) in [7, 11) is 0. The standard InChI is InChI=1S/C27H33N3OS/c1-2-19-30(22-28)20-18-29-26(31)21-32-27(23-12-6-3-7-13-23,24-14-8-4-9-15-24)25-16-10-5-11-17-25/h3-17H,2,18-22,28H2,1H3,(H,29,31). The van der Waals surface area contributed by atoms with Crippen molar-refractivity contribution in [3.05, 3.63) is 108 Å². The van der Waals surface area contributed by atoms with Gasteiger partial charge < -0.3 is 11.1 Å². The maximum Gasteiger partial charge on any atom is 0.230 e. The minimum absolute atomic E-state index is 0.0376. The van der Waals surface area contributed by atoms with E-state index in [1.807, 2.05) is 18.2 Å². The van der Waals surface area contributed by atoms with Gasteiger partial charge in [-0.25, -0.2) is 0 Å². The summed E-state index contributed by atoms with van der Waals surface area (Å²) in [5.74, 6) is 0.394. The van der Waals surface area contributed by atoms with Gasteiger partial charge in [-0.3, -0.25) is 9.69 Å². The molecule has 0 aliphatic heterocycles. The van der Waals surface area contributed by atoms with Crippen molar-refractivity contribution < 1.29 is 4.79 Å². The van der Waals surface area contributed by atoms with Crippen LogP contribution in [-0.2, 0) is 9.54 Å². The average Bonchev–Trinajstić information content (AvgIpc) is 2.86. The molecule has 5 heteroatoms. The molecule has 0 fully saturated rings. The molecule has 0 aliphatic rings. The number of thioether (sulfide) groups is 1. The summed E-state index contributed by atoms with van der Waals surface area (Å²) in [5.41, 5.74) is 9.27. The molecule has 0 bridgehead atoms. The predicted octanol–water partition coefficient (Wildman–Crippen LogP) is 4.46. The highest BCUT2D eigenvalue weighted by Crippen LogP contribution is 2.48. The van der Waals surface area contributed by atoms with Crippen LogP contribution in [0.1, 0.15) is 30.0 Å². The maximum absolute atomic E-state index is 12.8. The topological polar surface area (TPSA) is 58.4 Å². The van der Waals surface area contributed by atoms with Gasteiger partial charge in [0.15, 0.2) is 0 Å². The van der Waals surface area contributed by atoms with E-state index >= 15 is 0 Å². The number of nitrogens with one attached hydrogen (secondary N) is 1. The molecule has 0 saturated heterocycles. The van der Waals surface area contributed by atoms with E-state index in [4.69, 9.17) is 5.73 Å². The zero-order valence-electron chi connectivity index (χ0n) is 18.7. The first-order valence-corrected chi connectivity index (χ1v) is 12.2. The Hall–Kier alpha value is -2.60. The van der Waals surface area contributed by atoms with Crippen LogP contribution in [0.5, 0.6) is 0 Å². The smallest absolute Gasteiger partial charge is 0.230 e. The summed E-state index contributed by atoms with van der Waals surface area (Å²) in [6.45, 7) is 4.96. The number of amides is 1. The predicted molar refractivity (Wildman–Crippen MR) is 136 cm³/mol. The van der Waals surface area contributed by atoms with E-state index in [1.165, 1.54) is 0 Å². The van der Waals surface area contributed by atoms with Gasteiger partial charge in [0, 0.05) is 19.8 Å². The number of benzene rings is 3. The van der Waals surface area contributed by atoms with Crippen LogP contribution in [0.2, 0.25) is 0 Å². The highest BCUT2D eigenvalue weighted by molar-refractivity contribution is 8.01. The van der Waals surface area contributed by atoms with Gasteiger partial charge in [0.25, 0.3) is 0 Å². The van der Waals surface area contributed by atoms with Crippen molar-refractivity contribution in [1.82, 2.24) is 10.2 Å². The second kappa shape index (κ2) is 12.4. The molecule has 168 valence electrons. The highest BCUT2D eigenvalue weighted by Gasteiger charge is 2.37. The van der Waals surface area contributed by atoms with Crippen molar-refractivity contribution in [2.45, 2.75) is 18.1 Å². The Kier molecular flexibility index (Phi) is 9.35. The summed E-state index contributed by atoms with van der Waals surface area (Å²) in [4.78, 5) is 15.0. The van der Waals surface area contributed by atoms with Gasteiger partial charge in [0.1, 0.15) is 0 Å². The molecule has 0 atom stereocenters. The lowest BCUT2D eigenvalue weighted by atomic mass is 9.84. The Morgan fingerprint density at radius 2 is 1.31 bits per heavy atom. The van der Waals surface area contributed by atoms with Gasteiger partial charge in [-0.2, -0.15) is 0 Å². The zero-order chi connectivity index (χ0) is 22.7. The van der Waals surface area contributed by atoms with E-state index in [1.54, 1.807) is 11.8 Å². The van der Waals surface area contributed by atoms with Crippen LogP contribution >= 0.6 is 11.8 Å². The van der Waals surface area contributed by atoms with E-state index in [2.05, 4.69) is 89.9 Å². The van der Waals surface area contributed by atoms with Crippen LogP contribution in [0.15, 0.2) is 91.0 Å². The largest absolute Gasteiger partial charge is 0.354 e. The highest BCUT2D eigenvalue weighted by atomic mass is 32.2. The Morgan fingerprint density at radius 1 is 0.844 bits per heavy atom. The van der Waals surface area contributed by atoms with Gasteiger partial charge in [0.2, 0.25) is 5.91 Å². The first-order chi connectivity index (χ1) is 15.7. The zero-order valence-corrected chi connectivity index (χ0v) is 19.6. The van der Waals surface area contributed by atoms with Crippen molar-refractivity contribution in [1.29, 1.82) is 0 Å². The summed E-state index contributed by atoms with van der Waals surface area (Å²) in [6.07, 6.45) is 1.05. The van der Waals surface area contributed by atoms with E-state index in [0.717, 1.165) is 36.2 Å². The number of nitrogens with zero attached hydrogens (tertiary/aromatic N) is 1. The summed E-state index contributed by atoms with van der Waals surface area (Å²) < 4.78 is -0.480. The van der Waals surface area contributed by atoms with Crippen LogP contribution in [-0.4, -0.2) is 42.9 Å². The minimum atomic E-state index is -0.480. The van der Waals surface area contributed by atoms with Crippen LogP contribution in [0.25, 0.3) is 0 Å². The van der Waals surface area contributed by atoms with Gasteiger partial charge in [-0.05, 0) is 29.7 Å². The molecule has 3 rings (SSSR count). The number of carbonyl (C=O) groups excluding carboxylic acids is 1. The molecular weight excluding hydrogens is 414 g/mol. The lowest BCUT2D eigenvalue weighted by molar-refractivity contribution is -0.118. The van der Waals surface area contributed by atoms with Crippen LogP contribution in [0.3, 0.4) is 0 Å². The average molecular weight is 448 g/mol. The van der Waals surface area contributed by atoms with Gasteiger partial charge in [-0.15, -0.1) is 11.8 Å². The van der Waals surface area contributed by atoms with E-state index < -0.39 is 4.75 Å². The normalized spacial score (nSPS) is 11.5. The molecule has 3 aromatic carbocycles. The minimum Gasteiger partial charge on any atom is -0.354 e. The summed E-state index contributed by atoms with van der Waals surface area (Å²) >= 11 is 1.66. The monoisotopic (exact) mass is 447 g/mol. The molecule has 0 radical (unpaired) electrons. The van der Waals surface area contributed by atoms with E-state index in [9.17, 15) is 4.79 Å². The van der Waals surface area contributed by atoms with Crippen LogP contribution in [0, 0.1) is 0 Å². The summed E-state index contributed by atoms with van der Waals surface area (Å²) in [6, 6.07) is 31.3. The molecule has 4 nitrogen and oxygen atoms in total. The third kappa shape index (κ3) is 6.00. The van der Waals surface area contributed by atoms with Gasteiger partial charge in [0.05, 0.1) is 10.5 Å². The van der Waals surface area contributed by atoms with Crippen molar-refractivity contribution in [2.24, 2.45) is 5.73 Å². The molecule has 0 aliphatic carbocycles. The maximum atomic E-state index is 12.8. The summed E-state index contributed by atoms with van der Waals surface area (Å²) in [5, 5.41) is 3.08. The number of nitrogens with two attached hydrogens (primary N) is 1. The Morgan fingerprint density at radius 3 is 1.72 bits per heavy atom. The molecule has 0 unspecified atom stereocenters. The van der Waals surface area contributed by atoms with E-state index in [0.29, 0.717) is 19.0 Å². The molecule has 0 aromatic heterocycles. The van der Waals surface area contributed by atoms with Gasteiger partial charge in [-0.1, -0.05) is 97.9 Å². The second-order valence-electron chi connectivity index (χ2n) is 7.72. The number of carbonyl (C=O) groups is 1. The van der Waals surface area contributed by atoms with Gasteiger partial charge >= 0.3 is 0 Å². The fraction of sp³-hybridized carbons (Fsp3) is 0.296.